The summed E-state index contributed by atoms with van der Waals surface area (Å²) in [6.45, 7) is 13.2. The molecule has 1 aliphatic heterocycles. The zero-order valence-corrected chi connectivity index (χ0v) is 17.8. The van der Waals surface area contributed by atoms with Crippen molar-refractivity contribution in [2.75, 3.05) is 0 Å². The molecule has 0 aliphatic carbocycles. The minimum atomic E-state index is -0.0946. The fourth-order valence-electron chi connectivity index (χ4n) is 2.93. The Kier molecular flexibility index (Phi) is 5.51. The highest BCUT2D eigenvalue weighted by Crippen LogP contribution is 2.31. The third-order valence-corrected chi connectivity index (χ3v) is 4.70. The first-order valence-electron chi connectivity index (χ1n) is 9.87. The van der Waals surface area contributed by atoms with Crippen LogP contribution in [0.15, 0.2) is 82.8 Å². The van der Waals surface area contributed by atoms with E-state index in [4.69, 9.17) is 9.98 Å². The molecule has 0 fully saturated rings. The summed E-state index contributed by atoms with van der Waals surface area (Å²) in [7, 11) is 0. The minimum Gasteiger partial charge on any atom is -0.252 e. The van der Waals surface area contributed by atoms with Gasteiger partial charge in [-0.1, -0.05) is 102 Å². The fraction of sp³-hybridized carbons (Fsp3) is 0.308. The molecular formula is C26H30N2. The van der Waals surface area contributed by atoms with Crippen molar-refractivity contribution in [3.8, 4) is 0 Å². The summed E-state index contributed by atoms with van der Waals surface area (Å²) in [6, 6.07) is 20.7. The van der Waals surface area contributed by atoms with E-state index in [0.29, 0.717) is 0 Å². The quantitative estimate of drug-likeness (QED) is 0.541. The summed E-state index contributed by atoms with van der Waals surface area (Å²) in [4.78, 5) is 10.3. The molecule has 0 saturated heterocycles. The van der Waals surface area contributed by atoms with Crippen LogP contribution in [-0.2, 0) is 0 Å². The Morgan fingerprint density at radius 1 is 0.500 bits per heavy atom. The van der Waals surface area contributed by atoms with Crippen LogP contribution in [0.25, 0.3) is 11.4 Å². The fourth-order valence-corrected chi connectivity index (χ4v) is 2.93. The highest BCUT2D eigenvalue weighted by atomic mass is 14.8. The van der Waals surface area contributed by atoms with Crippen molar-refractivity contribution in [3.63, 3.8) is 0 Å². The van der Waals surface area contributed by atoms with E-state index >= 15 is 0 Å². The number of allylic oxidation sites excluding steroid dienone is 2. The first-order valence-corrected chi connectivity index (χ1v) is 9.87. The first-order chi connectivity index (χ1) is 13.1. The van der Waals surface area contributed by atoms with Crippen LogP contribution in [0.4, 0.5) is 0 Å². The number of aliphatic imine (C=N–C) groups is 2. The van der Waals surface area contributed by atoms with Gasteiger partial charge in [0.2, 0.25) is 0 Å². The Morgan fingerprint density at radius 3 is 1.11 bits per heavy atom. The van der Waals surface area contributed by atoms with E-state index in [1.54, 1.807) is 0 Å². The molecule has 2 nitrogen and oxygen atoms in total. The van der Waals surface area contributed by atoms with E-state index in [-0.39, 0.29) is 10.8 Å². The SMILES string of the molecule is CC(C)(C)C1=N/C(c2ccccc2)=C\C(C(C)(C)C)=N/C(c2ccccc2)=C\1. The zero-order chi connectivity index (χ0) is 20.4. The molecular weight excluding hydrogens is 340 g/mol. The zero-order valence-electron chi connectivity index (χ0n) is 17.8. The lowest BCUT2D eigenvalue weighted by molar-refractivity contribution is 0.592. The third-order valence-electron chi connectivity index (χ3n) is 4.70. The Balaban J connectivity index is 2.26. The first kappa shape index (κ1) is 20.0. The molecule has 0 atom stereocenters. The maximum atomic E-state index is 5.14. The lowest BCUT2D eigenvalue weighted by atomic mass is 9.86. The van der Waals surface area contributed by atoms with Crippen molar-refractivity contribution in [1.29, 1.82) is 0 Å². The number of hydrogen-bond acceptors (Lipinski definition) is 2. The molecule has 0 aromatic heterocycles. The van der Waals surface area contributed by atoms with Gasteiger partial charge in [0.05, 0.1) is 11.4 Å². The molecule has 2 aromatic carbocycles. The summed E-state index contributed by atoms with van der Waals surface area (Å²) in [5, 5.41) is 0. The molecule has 0 bridgehead atoms. The molecule has 3 rings (SSSR count). The van der Waals surface area contributed by atoms with Crippen LogP contribution in [0, 0.1) is 10.8 Å². The second-order valence-electron chi connectivity index (χ2n) is 9.29. The Labute approximate surface area is 169 Å². The van der Waals surface area contributed by atoms with Crippen LogP contribution in [0.1, 0.15) is 52.7 Å². The summed E-state index contributed by atoms with van der Waals surface area (Å²) in [5.74, 6) is 0. The van der Waals surface area contributed by atoms with Crippen molar-refractivity contribution in [2.24, 2.45) is 20.8 Å². The molecule has 0 N–H and O–H groups in total. The Bertz CT molecular complexity index is 863. The van der Waals surface area contributed by atoms with E-state index < -0.39 is 0 Å². The van der Waals surface area contributed by atoms with Gasteiger partial charge in [0.15, 0.2) is 0 Å². The van der Waals surface area contributed by atoms with Gasteiger partial charge in [-0.05, 0) is 12.2 Å². The maximum absolute atomic E-state index is 5.14. The monoisotopic (exact) mass is 370 g/mol. The molecule has 0 amide bonds. The van der Waals surface area contributed by atoms with Crippen LogP contribution in [-0.4, -0.2) is 11.4 Å². The Hall–Kier alpha value is -2.74. The predicted octanol–water partition coefficient (Wildman–Crippen LogP) is 7.06. The van der Waals surface area contributed by atoms with Gasteiger partial charge in [-0.3, -0.25) is 9.98 Å². The van der Waals surface area contributed by atoms with E-state index in [1.165, 1.54) is 0 Å². The van der Waals surface area contributed by atoms with E-state index in [2.05, 4.69) is 102 Å². The summed E-state index contributed by atoms with van der Waals surface area (Å²) in [5.41, 5.74) is 6.00. The summed E-state index contributed by atoms with van der Waals surface area (Å²) < 4.78 is 0. The van der Waals surface area contributed by atoms with Crippen molar-refractivity contribution in [2.45, 2.75) is 41.5 Å². The van der Waals surface area contributed by atoms with Gasteiger partial charge in [0.1, 0.15) is 0 Å². The molecule has 2 heteroatoms. The average molecular weight is 371 g/mol. The number of hydrogen-bond donors (Lipinski definition) is 0. The second-order valence-corrected chi connectivity index (χ2v) is 9.29. The molecule has 1 heterocycles. The standard InChI is InChI=1S/C26H30N2/c1-25(2,3)23-17-21(19-13-9-7-10-14-19)28-24(26(4,5)6)18-22(27-23)20-15-11-8-12-16-20/h7-18H,1-6H3/b21-17-,22-18-,23-17?,24-18?,27-22?,27-23+,28-21?,28-24+. The predicted molar refractivity (Wildman–Crippen MR) is 123 cm³/mol. The van der Waals surface area contributed by atoms with Crippen LogP contribution >= 0.6 is 0 Å². The van der Waals surface area contributed by atoms with Crippen LogP contribution < -0.4 is 0 Å². The molecule has 1 aliphatic rings. The lowest BCUT2D eigenvalue weighted by Crippen LogP contribution is -2.22. The van der Waals surface area contributed by atoms with E-state index in [1.807, 2.05) is 12.1 Å². The molecule has 0 saturated carbocycles. The number of rotatable bonds is 2. The van der Waals surface area contributed by atoms with Crippen molar-refractivity contribution in [3.05, 3.63) is 83.9 Å². The summed E-state index contributed by atoms with van der Waals surface area (Å²) >= 11 is 0. The molecule has 144 valence electrons. The number of nitrogens with zero attached hydrogens (tertiary/aromatic N) is 2. The van der Waals surface area contributed by atoms with Gasteiger partial charge >= 0.3 is 0 Å². The van der Waals surface area contributed by atoms with Crippen molar-refractivity contribution in [1.82, 2.24) is 0 Å². The lowest BCUT2D eigenvalue weighted by Gasteiger charge is -2.25. The normalized spacial score (nSPS) is 23.1. The minimum absolute atomic E-state index is 0.0946. The maximum Gasteiger partial charge on any atom is 0.0723 e. The van der Waals surface area contributed by atoms with Gasteiger partial charge in [-0.15, -0.1) is 0 Å². The molecule has 0 spiro atoms. The molecule has 28 heavy (non-hydrogen) atoms. The Morgan fingerprint density at radius 2 is 0.821 bits per heavy atom. The van der Waals surface area contributed by atoms with E-state index in [9.17, 15) is 0 Å². The second kappa shape index (κ2) is 7.71. The topological polar surface area (TPSA) is 24.7 Å². The van der Waals surface area contributed by atoms with Crippen LogP contribution in [0.5, 0.6) is 0 Å². The van der Waals surface area contributed by atoms with Gasteiger partial charge in [0, 0.05) is 33.4 Å². The molecule has 0 unspecified atom stereocenters. The summed E-state index contributed by atoms with van der Waals surface area (Å²) in [6.07, 6.45) is 4.30. The van der Waals surface area contributed by atoms with Crippen LogP contribution in [0.3, 0.4) is 0 Å². The largest absolute Gasteiger partial charge is 0.252 e. The smallest absolute Gasteiger partial charge is 0.0723 e. The van der Waals surface area contributed by atoms with Gasteiger partial charge in [-0.2, -0.15) is 0 Å². The molecule has 2 aromatic rings. The third kappa shape index (κ3) is 4.75. The van der Waals surface area contributed by atoms with Crippen molar-refractivity contribution < 1.29 is 0 Å². The van der Waals surface area contributed by atoms with Gasteiger partial charge in [0.25, 0.3) is 0 Å². The average Bonchev–Trinajstić information content (AvgIpc) is 2.61. The number of benzene rings is 2. The highest BCUT2D eigenvalue weighted by molar-refractivity contribution is 6.13. The van der Waals surface area contributed by atoms with Gasteiger partial charge < -0.3 is 0 Å². The van der Waals surface area contributed by atoms with Crippen LogP contribution in [0.2, 0.25) is 0 Å². The highest BCUT2D eigenvalue weighted by Gasteiger charge is 2.24. The molecule has 0 radical (unpaired) electrons. The van der Waals surface area contributed by atoms with Crippen molar-refractivity contribution >= 4 is 22.8 Å². The van der Waals surface area contributed by atoms with Gasteiger partial charge in [-0.25, -0.2) is 0 Å². The van der Waals surface area contributed by atoms with E-state index in [0.717, 1.165) is 33.9 Å².